The fraction of sp³-hybridized carbons (Fsp3) is 0.444. The van der Waals surface area contributed by atoms with Gasteiger partial charge in [-0.25, -0.2) is 0 Å². The number of halogens is 1. The number of thiophene rings is 1. The van der Waals surface area contributed by atoms with Crippen molar-refractivity contribution in [1.29, 1.82) is 0 Å². The third kappa shape index (κ3) is 2.34. The summed E-state index contributed by atoms with van der Waals surface area (Å²) in [7, 11) is 0. The molecule has 14 heavy (non-hydrogen) atoms. The largest absolute Gasteiger partial charge is 0.481 e. The highest BCUT2D eigenvalue weighted by molar-refractivity contribution is 9.10. The third-order valence-electron chi connectivity index (χ3n) is 2.05. The predicted molar refractivity (Wildman–Crippen MR) is 58.4 cm³/mol. The fourth-order valence-corrected chi connectivity index (χ4v) is 2.89. The summed E-state index contributed by atoms with van der Waals surface area (Å²) in [5.74, 6) is -1.69. The number of carboxylic acids is 1. The lowest BCUT2D eigenvalue weighted by molar-refractivity contribution is -0.146. The lowest BCUT2D eigenvalue weighted by Crippen LogP contribution is -2.20. The molecule has 1 rings (SSSR count). The first kappa shape index (κ1) is 11.7. The summed E-state index contributed by atoms with van der Waals surface area (Å²) in [6.07, 6.45) is -0.507. The molecule has 2 unspecified atom stereocenters. The number of aliphatic hydroxyl groups excluding tert-OH is 1. The van der Waals surface area contributed by atoms with Crippen LogP contribution in [0.5, 0.6) is 0 Å². The molecule has 0 spiro atoms. The number of carboxylic acid groups (broad SMARTS) is 1. The summed E-state index contributed by atoms with van der Waals surface area (Å²) in [6, 6.07) is 1.80. The van der Waals surface area contributed by atoms with E-state index in [-0.39, 0.29) is 0 Å². The molecule has 0 saturated heterocycles. The van der Waals surface area contributed by atoms with Crippen molar-refractivity contribution in [2.24, 2.45) is 5.92 Å². The van der Waals surface area contributed by atoms with Gasteiger partial charge in [0.1, 0.15) is 6.10 Å². The Morgan fingerprint density at radius 1 is 1.71 bits per heavy atom. The van der Waals surface area contributed by atoms with Crippen LogP contribution in [0.4, 0.5) is 0 Å². The van der Waals surface area contributed by atoms with Crippen LogP contribution in [-0.2, 0) is 4.79 Å². The highest BCUT2D eigenvalue weighted by Gasteiger charge is 2.28. The molecule has 0 aliphatic rings. The van der Waals surface area contributed by atoms with Gasteiger partial charge in [-0.05, 0) is 33.8 Å². The molecular weight excluding hydrogens is 268 g/mol. The number of aliphatic hydroxyl groups is 1. The van der Waals surface area contributed by atoms with Crippen LogP contribution < -0.4 is 0 Å². The first-order valence-corrected chi connectivity index (χ1v) is 5.89. The van der Waals surface area contributed by atoms with Gasteiger partial charge in [0.15, 0.2) is 0 Å². The van der Waals surface area contributed by atoms with Gasteiger partial charge in [-0.2, -0.15) is 0 Å². The standard InChI is InChI=1S/C9H11BrO3S/c1-2-5(9(12)13)7(11)8-6(10)3-4-14-8/h3-5,7,11H,2H2,1H3,(H,12,13). The van der Waals surface area contributed by atoms with Gasteiger partial charge in [-0.1, -0.05) is 6.92 Å². The Bertz CT molecular complexity index is 324. The maximum atomic E-state index is 10.8. The van der Waals surface area contributed by atoms with E-state index in [0.717, 1.165) is 4.47 Å². The van der Waals surface area contributed by atoms with Crippen LogP contribution >= 0.6 is 27.3 Å². The lowest BCUT2D eigenvalue weighted by atomic mass is 9.99. The van der Waals surface area contributed by atoms with E-state index in [2.05, 4.69) is 15.9 Å². The zero-order valence-corrected chi connectivity index (χ0v) is 10.0. The molecule has 5 heteroatoms. The van der Waals surface area contributed by atoms with Crippen molar-refractivity contribution >= 4 is 33.2 Å². The first-order chi connectivity index (χ1) is 6.57. The second-order valence-electron chi connectivity index (χ2n) is 2.93. The van der Waals surface area contributed by atoms with Crippen LogP contribution in [0.1, 0.15) is 24.3 Å². The zero-order chi connectivity index (χ0) is 10.7. The Morgan fingerprint density at radius 3 is 2.71 bits per heavy atom. The van der Waals surface area contributed by atoms with Gasteiger partial charge in [0.2, 0.25) is 0 Å². The Labute approximate surface area is 94.5 Å². The Hall–Kier alpha value is -0.390. The minimum Gasteiger partial charge on any atom is -0.481 e. The summed E-state index contributed by atoms with van der Waals surface area (Å²) in [4.78, 5) is 11.5. The predicted octanol–water partition coefficient (Wildman–Crippen LogP) is 2.65. The van der Waals surface area contributed by atoms with Crippen LogP contribution in [0.2, 0.25) is 0 Å². The zero-order valence-electron chi connectivity index (χ0n) is 7.61. The molecule has 2 N–H and O–H groups in total. The van der Waals surface area contributed by atoms with Crippen molar-refractivity contribution in [2.75, 3.05) is 0 Å². The van der Waals surface area contributed by atoms with Gasteiger partial charge in [-0.15, -0.1) is 11.3 Å². The maximum absolute atomic E-state index is 10.8. The second-order valence-corrected chi connectivity index (χ2v) is 4.73. The Morgan fingerprint density at radius 2 is 2.36 bits per heavy atom. The highest BCUT2D eigenvalue weighted by Crippen LogP contribution is 2.34. The van der Waals surface area contributed by atoms with Crippen molar-refractivity contribution in [2.45, 2.75) is 19.4 Å². The number of carbonyl (C=O) groups is 1. The van der Waals surface area contributed by atoms with E-state index in [1.165, 1.54) is 11.3 Å². The molecule has 2 atom stereocenters. The van der Waals surface area contributed by atoms with E-state index >= 15 is 0 Å². The molecule has 78 valence electrons. The number of rotatable bonds is 4. The molecule has 0 saturated carbocycles. The molecule has 0 amide bonds. The number of aliphatic carboxylic acids is 1. The molecule has 0 aromatic carbocycles. The summed E-state index contributed by atoms with van der Waals surface area (Å²) < 4.78 is 0.773. The van der Waals surface area contributed by atoms with E-state index in [1.807, 2.05) is 5.38 Å². The summed E-state index contributed by atoms with van der Waals surface area (Å²) in [5, 5.41) is 20.5. The first-order valence-electron chi connectivity index (χ1n) is 4.21. The maximum Gasteiger partial charge on any atom is 0.309 e. The highest BCUT2D eigenvalue weighted by atomic mass is 79.9. The van der Waals surface area contributed by atoms with E-state index < -0.39 is 18.0 Å². The summed E-state index contributed by atoms with van der Waals surface area (Å²) >= 11 is 4.63. The lowest BCUT2D eigenvalue weighted by Gasteiger charge is -2.16. The van der Waals surface area contributed by atoms with Crippen LogP contribution in [0, 0.1) is 5.92 Å². The van der Waals surface area contributed by atoms with E-state index in [1.54, 1.807) is 13.0 Å². The SMILES string of the molecule is CCC(C(=O)O)C(O)c1sccc1Br. The van der Waals surface area contributed by atoms with E-state index in [9.17, 15) is 9.90 Å². The van der Waals surface area contributed by atoms with Gasteiger partial charge in [0, 0.05) is 9.35 Å². The van der Waals surface area contributed by atoms with Crippen molar-refractivity contribution in [3.8, 4) is 0 Å². The molecule has 1 heterocycles. The summed E-state index contributed by atoms with van der Waals surface area (Å²) in [6.45, 7) is 1.75. The molecule has 0 fully saturated rings. The monoisotopic (exact) mass is 278 g/mol. The van der Waals surface area contributed by atoms with Crippen molar-refractivity contribution in [3.05, 3.63) is 20.8 Å². The third-order valence-corrected chi connectivity index (χ3v) is 3.99. The number of hydrogen-bond donors (Lipinski definition) is 2. The minimum atomic E-state index is -0.958. The van der Waals surface area contributed by atoms with Crippen LogP contribution in [0.25, 0.3) is 0 Å². The molecule has 1 aromatic heterocycles. The van der Waals surface area contributed by atoms with Crippen LogP contribution in [0.3, 0.4) is 0 Å². The van der Waals surface area contributed by atoms with Crippen LogP contribution in [0.15, 0.2) is 15.9 Å². The Kier molecular flexibility index (Phi) is 4.10. The Balaban J connectivity index is 2.88. The second kappa shape index (κ2) is 4.91. The molecule has 1 aromatic rings. The summed E-state index contributed by atoms with van der Waals surface area (Å²) in [5.41, 5.74) is 0. The molecular formula is C9H11BrO3S. The normalized spacial score (nSPS) is 15.1. The molecule has 0 aliphatic heterocycles. The van der Waals surface area contributed by atoms with Crippen molar-refractivity contribution in [3.63, 3.8) is 0 Å². The van der Waals surface area contributed by atoms with Gasteiger partial charge < -0.3 is 10.2 Å². The van der Waals surface area contributed by atoms with Gasteiger partial charge >= 0.3 is 5.97 Å². The van der Waals surface area contributed by atoms with Crippen molar-refractivity contribution in [1.82, 2.24) is 0 Å². The average molecular weight is 279 g/mol. The van der Waals surface area contributed by atoms with Gasteiger partial charge in [0.05, 0.1) is 5.92 Å². The molecule has 0 radical (unpaired) electrons. The van der Waals surface area contributed by atoms with E-state index in [4.69, 9.17) is 5.11 Å². The van der Waals surface area contributed by atoms with E-state index in [0.29, 0.717) is 11.3 Å². The van der Waals surface area contributed by atoms with Gasteiger partial charge in [0.25, 0.3) is 0 Å². The molecule has 0 bridgehead atoms. The minimum absolute atomic E-state index is 0.418. The molecule has 0 aliphatic carbocycles. The molecule has 3 nitrogen and oxygen atoms in total. The quantitative estimate of drug-likeness (QED) is 0.890. The van der Waals surface area contributed by atoms with Crippen LogP contribution in [-0.4, -0.2) is 16.2 Å². The fourth-order valence-electron chi connectivity index (χ4n) is 1.23. The average Bonchev–Trinajstić information content (AvgIpc) is 2.51. The topological polar surface area (TPSA) is 57.5 Å². The number of hydrogen-bond acceptors (Lipinski definition) is 3. The van der Waals surface area contributed by atoms with Gasteiger partial charge in [-0.3, -0.25) is 4.79 Å². The van der Waals surface area contributed by atoms with Crippen molar-refractivity contribution < 1.29 is 15.0 Å². The smallest absolute Gasteiger partial charge is 0.309 e.